The van der Waals surface area contributed by atoms with Crippen molar-refractivity contribution in [3.05, 3.63) is 29.3 Å². The second-order valence-electron chi connectivity index (χ2n) is 3.80. The number of carbonyl (C=O) groups is 1. The number of hydrogen-bond acceptors (Lipinski definition) is 2. The molecular formula is C11H13F2NO2. The van der Waals surface area contributed by atoms with Crippen LogP contribution < -0.4 is 10.5 Å². The third-order valence-corrected chi connectivity index (χ3v) is 1.87. The normalized spacial score (nSPS) is 10.6. The summed E-state index contributed by atoms with van der Waals surface area (Å²) in [5.74, 6) is -3.15. The standard InChI is InChI=1S/C11H13F2NO2/c1-6(2)5-16-8-4-3-7(12)9(10(8)13)11(14)15/h3-4,6H,5H2,1-2H3,(H2,14,15). The lowest BCUT2D eigenvalue weighted by Gasteiger charge is -2.11. The maximum absolute atomic E-state index is 13.6. The van der Waals surface area contributed by atoms with Gasteiger partial charge in [0.15, 0.2) is 11.6 Å². The van der Waals surface area contributed by atoms with Crippen molar-refractivity contribution in [3.63, 3.8) is 0 Å². The lowest BCUT2D eigenvalue weighted by atomic mass is 10.1. The summed E-state index contributed by atoms with van der Waals surface area (Å²) >= 11 is 0. The molecule has 0 aliphatic rings. The van der Waals surface area contributed by atoms with Crippen molar-refractivity contribution in [1.82, 2.24) is 0 Å². The number of halogens is 2. The van der Waals surface area contributed by atoms with Crippen molar-refractivity contribution in [1.29, 1.82) is 0 Å². The molecule has 0 aromatic heterocycles. The predicted molar refractivity (Wildman–Crippen MR) is 55.2 cm³/mol. The van der Waals surface area contributed by atoms with Crippen LogP contribution >= 0.6 is 0 Å². The van der Waals surface area contributed by atoms with Gasteiger partial charge in [-0.2, -0.15) is 0 Å². The lowest BCUT2D eigenvalue weighted by Crippen LogP contribution is -2.17. The molecule has 0 saturated heterocycles. The Bertz CT molecular complexity index is 405. The number of amides is 1. The van der Waals surface area contributed by atoms with E-state index >= 15 is 0 Å². The second kappa shape index (κ2) is 4.92. The first kappa shape index (κ1) is 12.4. The molecule has 2 N–H and O–H groups in total. The molecule has 0 spiro atoms. The van der Waals surface area contributed by atoms with Crippen LogP contribution in [-0.2, 0) is 0 Å². The van der Waals surface area contributed by atoms with Gasteiger partial charge in [0.2, 0.25) is 0 Å². The van der Waals surface area contributed by atoms with Crippen molar-refractivity contribution in [2.24, 2.45) is 11.7 Å². The highest BCUT2D eigenvalue weighted by molar-refractivity contribution is 5.93. The van der Waals surface area contributed by atoms with Crippen LogP contribution in [0.4, 0.5) is 8.78 Å². The molecule has 1 amide bonds. The molecule has 5 heteroatoms. The average Bonchev–Trinajstić information content (AvgIpc) is 2.15. The number of ether oxygens (including phenoxy) is 1. The largest absolute Gasteiger partial charge is 0.490 e. The van der Waals surface area contributed by atoms with Crippen LogP contribution in [-0.4, -0.2) is 12.5 Å². The fourth-order valence-electron chi connectivity index (χ4n) is 1.13. The summed E-state index contributed by atoms with van der Waals surface area (Å²) < 4.78 is 31.7. The van der Waals surface area contributed by atoms with Crippen LogP contribution in [0.1, 0.15) is 24.2 Å². The van der Waals surface area contributed by atoms with Crippen LogP contribution in [0.2, 0.25) is 0 Å². The first-order chi connectivity index (χ1) is 7.43. The smallest absolute Gasteiger partial charge is 0.254 e. The first-order valence-corrected chi connectivity index (χ1v) is 4.84. The highest BCUT2D eigenvalue weighted by atomic mass is 19.1. The first-order valence-electron chi connectivity index (χ1n) is 4.84. The average molecular weight is 229 g/mol. The quantitative estimate of drug-likeness (QED) is 0.859. The van der Waals surface area contributed by atoms with Gasteiger partial charge in [-0.1, -0.05) is 13.8 Å². The van der Waals surface area contributed by atoms with Crippen LogP contribution in [0, 0.1) is 17.6 Å². The molecule has 1 aromatic carbocycles. The molecule has 0 bridgehead atoms. The van der Waals surface area contributed by atoms with Crippen LogP contribution in [0.3, 0.4) is 0 Å². The summed E-state index contributed by atoms with van der Waals surface area (Å²) in [6, 6.07) is 2.10. The summed E-state index contributed by atoms with van der Waals surface area (Å²) in [4.78, 5) is 10.8. The summed E-state index contributed by atoms with van der Waals surface area (Å²) in [5, 5.41) is 0. The number of primary amides is 1. The molecule has 88 valence electrons. The summed E-state index contributed by atoms with van der Waals surface area (Å²) in [7, 11) is 0. The van der Waals surface area contributed by atoms with E-state index in [-0.39, 0.29) is 18.3 Å². The number of benzene rings is 1. The topological polar surface area (TPSA) is 52.3 Å². The summed E-state index contributed by atoms with van der Waals surface area (Å²) in [6.07, 6.45) is 0. The van der Waals surface area contributed by atoms with Crippen LogP contribution in [0.15, 0.2) is 12.1 Å². The van der Waals surface area contributed by atoms with E-state index in [1.54, 1.807) is 0 Å². The van der Waals surface area contributed by atoms with Gasteiger partial charge in [-0.05, 0) is 18.1 Å². The van der Waals surface area contributed by atoms with Crippen LogP contribution in [0.5, 0.6) is 5.75 Å². The molecule has 0 heterocycles. The predicted octanol–water partition coefficient (Wildman–Crippen LogP) is 2.10. The van der Waals surface area contributed by atoms with E-state index in [0.717, 1.165) is 12.1 Å². The molecule has 0 atom stereocenters. The Morgan fingerprint density at radius 1 is 1.44 bits per heavy atom. The monoisotopic (exact) mass is 229 g/mol. The fourth-order valence-corrected chi connectivity index (χ4v) is 1.13. The van der Waals surface area contributed by atoms with Crippen molar-refractivity contribution in [2.45, 2.75) is 13.8 Å². The molecule has 16 heavy (non-hydrogen) atoms. The van der Waals surface area contributed by atoms with Gasteiger partial charge >= 0.3 is 0 Å². The van der Waals surface area contributed by atoms with Gasteiger partial charge < -0.3 is 10.5 Å². The zero-order valence-electron chi connectivity index (χ0n) is 9.09. The van der Waals surface area contributed by atoms with E-state index in [4.69, 9.17) is 10.5 Å². The number of carbonyl (C=O) groups excluding carboxylic acids is 1. The molecule has 0 aliphatic heterocycles. The maximum Gasteiger partial charge on any atom is 0.254 e. The number of hydrogen-bond donors (Lipinski definition) is 1. The number of rotatable bonds is 4. The highest BCUT2D eigenvalue weighted by Crippen LogP contribution is 2.23. The Kier molecular flexibility index (Phi) is 3.82. The minimum absolute atomic E-state index is 0.163. The van der Waals surface area contributed by atoms with Gasteiger partial charge in [0.1, 0.15) is 11.4 Å². The van der Waals surface area contributed by atoms with Gasteiger partial charge in [0, 0.05) is 0 Å². The Morgan fingerprint density at radius 3 is 2.56 bits per heavy atom. The highest BCUT2D eigenvalue weighted by Gasteiger charge is 2.19. The van der Waals surface area contributed by atoms with Gasteiger partial charge in [-0.25, -0.2) is 8.78 Å². The van der Waals surface area contributed by atoms with E-state index in [9.17, 15) is 13.6 Å². The molecule has 0 radical (unpaired) electrons. The van der Waals surface area contributed by atoms with Gasteiger partial charge in [0.25, 0.3) is 5.91 Å². The van der Waals surface area contributed by atoms with Crippen LogP contribution in [0.25, 0.3) is 0 Å². The van der Waals surface area contributed by atoms with E-state index in [1.165, 1.54) is 0 Å². The summed E-state index contributed by atoms with van der Waals surface area (Å²) in [6.45, 7) is 4.05. The SMILES string of the molecule is CC(C)COc1ccc(F)c(C(N)=O)c1F. The molecule has 0 unspecified atom stereocenters. The van der Waals surface area contributed by atoms with E-state index in [0.29, 0.717) is 0 Å². The van der Waals surface area contributed by atoms with Crippen molar-refractivity contribution < 1.29 is 18.3 Å². The molecule has 0 saturated carbocycles. The van der Waals surface area contributed by atoms with Crippen molar-refractivity contribution >= 4 is 5.91 Å². The zero-order valence-corrected chi connectivity index (χ0v) is 9.09. The minimum atomic E-state index is -1.15. The van der Waals surface area contributed by atoms with E-state index < -0.39 is 23.1 Å². The molecular weight excluding hydrogens is 216 g/mol. The third-order valence-electron chi connectivity index (χ3n) is 1.87. The molecule has 1 rings (SSSR count). The Hall–Kier alpha value is -1.65. The van der Waals surface area contributed by atoms with Gasteiger partial charge in [-0.3, -0.25) is 4.79 Å². The van der Waals surface area contributed by atoms with Crippen molar-refractivity contribution in [2.75, 3.05) is 6.61 Å². The number of nitrogens with two attached hydrogens (primary N) is 1. The van der Waals surface area contributed by atoms with Crippen molar-refractivity contribution in [3.8, 4) is 5.75 Å². The van der Waals surface area contributed by atoms with E-state index in [1.807, 2.05) is 13.8 Å². The maximum atomic E-state index is 13.6. The fraction of sp³-hybridized carbons (Fsp3) is 0.364. The lowest BCUT2D eigenvalue weighted by molar-refractivity contribution is 0.0991. The second-order valence-corrected chi connectivity index (χ2v) is 3.80. The molecule has 1 aromatic rings. The third kappa shape index (κ3) is 2.68. The molecule has 0 fully saturated rings. The Balaban J connectivity index is 3.04. The Morgan fingerprint density at radius 2 is 2.06 bits per heavy atom. The molecule has 0 aliphatic carbocycles. The minimum Gasteiger partial charge on any atom is -0.490 e. The zero-order chi connectivity index (χ0) is 12.3. The van der Waals surface area contributed by atoms with E-state index in [2.05, 4.69) is 0 Å². The Labute approximate surface area is 92.2 Å². The molecule has 3 nitrogen and oxygen atoms in total. The summed E-state index contributed by atoms with van der Waals surface area (Å²) in [5.41, 5.74) is 4.10. The van der Waals surface area contributed by atoms with Gasteiger partial charge in [0.05, 0.1) is 6.61 Å². The van der Waals surface area contributed by atoms with Gasteiger partial charge in [-0.15, -0.1) is 0 Å².